The molecule has 1 aliphatic heterocycles. The van der Waals surface area contributed by atoms with E-state index in [2.05, 4.69) is 15.9 Å². The van der Waals surface area contributed by atoms with Gasteiger partial charge >= 0.3 is 0 Å². The van der Waals surface area contributed by atoms with Gasteiger partial charge in [0.2, 0.25) is 0 Å². The zero-order valence-corrected chi connectivity index (χ0v) is 14.8. The summed E-state index contributed by atoms with van der Waals surface area (Å²) < 4.78 is 0.948. The smallest absolute Gasteiger partial charge is 0.293 e. The molecular weight excluding hydrogens is 352 g/mol. The Labute approximate surface area is 137 Å². The molecule has 2 amide bonds. The first-order valence-electron chi connectivity index (χ1n) is 6.55. The SMILES string of the molecule is CC(C)N1C(=O)SC(=Cc2ccc(N(C)C)c(Br)c2)C1=O. The lowest BCUT2D eigenvalue weighted by Crippen LogP contribution is -2.34. The largest absolute Gasteiger partial charge is 0.377 e. The number of imide groups is 1. The number of thioether (sulfide) groups is 1. The number of halogens is 1. The zero-order chi connectivity index (χ0) is 15.7. The average molecular weight is 369 g/mol. The van der Waals surface area contributed by atoms with Crippen molar-refractivity contribution in [1.82, 2.24) is 4.90 Å². The lowest BCUT2D eigenvalue weighted by Gasteiger charge is -2.16. The molecule has 4 nitrogen and oxygen atoms in total. The summed E-state index contributed by atoms with van der Waals surface area (Å²) in [4.78, 5) is 27.8. The highest BCUT2D eigenvalue weighted by atomic mass is 79.9. The number of benzene rings is 1. The topological polar surface area (TPSA) is 40.6 Å². The Hall–Kier alpha value is -1.27. The lowest BCUT2D eigenvalue weighted by atomic mass is 10.2. The summed E-state index contributed by atoms with van der Waals surface area (Å²) in [6.45, 7) is 3.67. The Balaban J connectivity index is 2.31. The van der Waals surface area contributed by atoms with Crippen molar-refractivity contribution in [3.05, 3.63) is 33.1 Å². The number of amides is 2. The monoisotopic (exact) mass is 368 g/mol. The summed E-state index contributed by atoms with van der Waals surface area (Å²) >= 11 is 4.51. The molecule has 0 bridgehead atoms. The van der Waals surface area contributed by atoms with Crippen molar-refractivity contribution in [2.45, 2.75) is 19.9 Å². The third-order valence-electron chi connectivity index (χ3n) is 3.09. The number of rotatable bonds is 3. The summed E-state index contributed by atoms with van der Waals surface area (Å²) in [5.74, 6) is -0.215. The normalized spacial score (nSPS) is 17.2. The molecule has 1 fully saturated rings. The van der Waals surface area contributed by atoms with Crippen molar-refractivity contribution in [2.24, 2.45) is 0 Å². The summed E-state index contributed by atoms with van der Waals surface area (Å²) in [5, 5.41) is -0.203. The molecule has 1 aromatic rings. The van der Waals surface area contributed by atoms with Gasteiger partial charge in [0.1, 0.15) is 0 Å². The van der Waals surface area contributed by atoms with E-state index in [-0.39, 0.29) is 17.2 Å². The summed E-state index contributed by atoms with van der Waals surface area (Å²) in [5.41, 5.74) is 1.95. The molecule has 112 valence electrons. The fourth-order valence-corrected chi connectivity index (χ4v) is 3.76. The summed E-state index contributed by atoms with van der Waals surface area (Å²) in [6.07, 6.45) is 1.76. The van der Waals surface area contributed by atoms with E-state index in [1.807, 2.05) is 51.0 Å². The van der Waals surface area contributed by atoms with E-state index >= 15 is 0 Å². The fraction of sp³-hybridized carbons (Fsp3) is 0.333. The van der Waals surface area contributed by atoms with Gasteiger partial charge in [0.25, 0.3) is 11.1 Å². The number of carbonyl (C=O) groups is 2. The molecule has 1 aliphatic rings. The number of hydrogen-bond donors (Lipinski definition) is 0. The van der Waals surface area contributed by atoms with E-state index < -0.39 is 0 Å². The number of hydrogen-bond acceptors (Lipinski definition) is 4. The van der Waals surface area contributed by atoms with Crippen molar-refractivity contribution in [1.29, 1.82) is 0 Å². The second-order valence-corrected chi connectivity index (χ2v) is 7.10. The van der Waals surface area contributed by atoms with E-state index in [9.17, 15) is 9.59 Å². The van der Waals surface area contributed by atoms with Crippen LogP contribution in [0.4, 0.5) is 10.5 Å². The molecule has 1 heterocycles. The second-order valence-electron chi connectivity index (χ2n) is 5.25. The van der Waals surface area contributed by atoms with E-state index in [0.29, 0.717) is 4.91 Å². The van der Waals surface area contributed by atoms with Gasteiger partial charge in [0.05, 0.1) is 10.6 Å². The van der Waals surface area contributed by atoms with Crippen LogP contribution in [0, 0.1) is 0 Å². The predicted octanol–water partition coefficient (Wildman–Crippen LogP) is 3.96. The third kappa shape index (κ3) is 3.32. The van der Waals surface area contributed by atoms with E-state index in [1.54, 1.807) is 6.08 Å². The molecule has 0 spiro atoms. The van der Waals surface area contributed by atoms with Gasteiger partial charge in [0, 0.05) is 24.6 Å². The predicted molar refractivity (Wildman–Crippen MR) is 91.4 cm³/mol. The van der Waals surface area contributed by atoms with Crippen LogP contribution in [0.2, 0.25) is 0 Å². The summed E-state index contributed by atoms with van der Waals surface area (Å²) in [6, 6.07) is 5.73. The van der Waals surface area contributed by atoms with Crippen LogP contribution >= 0.6 is 27.7 Å². The highest BCUT2D eigenvalue weighted by molar-refractivity contribution is 9.10. The summed E-state index contributed by atoms with van der Waals surface area (Å²) in [7, 11) is 3.93. The van der Waals surface area contributed by atoms with Crippen molar-refractivity contribution in [3.8, 4) is 0 Å². The van der Waals surface area contributed by atoms with E-state index in [0.717, 1.165) is 27.5 Å². The molecule has 0 N–H and O–H groups in total. The van der Waals surface area contributed by atoms with Crippen molar-refractivity contribution < 1.29 is 9.59 Å². The fourth-order valence-electron chi connectivity index (χ4n) is 2.05. The number of anilines is 1. The molecule has 1 saturated heterocycles. The minimum atomic E-state index is -0.215. The Morgan fingerprint density at radius 1 is 1.29 bits per heavy atom. The van der Waals surface area contributed by atoms with E-state index in [1.165, 1.54) is 4.90 Å². The molecule has 0 aliphatic carbocycles. The molecule has 21 heavy (non-hydrogen) atoms. The average Bonchev–Trinajstić information content (AvgIpc) is 2.63. The van der Waals surface area contributed by atoms with Gasteiger partial charge in [-0.15, -0.1) is 0 Å². The maximum absolute atomic E-state index is 12.2. The quantitative estimate of drug-likeness (QED) is 0.757. The zero-order valence-electron chi connectivity index (χ0n) is 12.4. The maximum Gasteiger partial charge on any atom is 0.293 e. The molecule has 1 aromatic carbocycles. The number of carbonyl (C=O) groups excluding carboxylic acids is 2. The van der Waals surface area contributed by atoms with Gasteiger partial charge < -0.3 is 4.90 Å². The lowest BCUT2D eigenvalue weighted by molar-refractivity contribution is -0.123. The molecule has 0 atom stereocenters. The molecule has 0 radical (unpaired) electrons. The van der Waals surface area contributed by atoms with Crippen molar-refractivity contribution >= 4 is 50.6 Å². The highest BCUT2D eigenvalue weighted by Gasteiger charge is 2.36. The van der Waals surface area contributed by atoms with Gasteiger partial charge in [0.15, 0.2) is 0 Å². The van der Waals surface area contributed by atoms with Gasteiger partial charge in [-0.3, -0.25) is 14.5 Å². The standard InChI is InChI=1S/C15H17BrN2O2S/c1-9(2)18-14(19)13(21-15(18)20)8-10-5-6-12(17(3)4)11(16)7-10/h5-9H,1-4H3. The first-order valence-corrected chi connectivity index (χ1v) is 8.16. The van der Waals surface area contributed by atoms with Crippen LogP contribution in [-0.2, 0) is 4.79 Å². The first-order chi connectivity index (χ1) is 9.81. The van der Waals surface area contributed by atoms with Crippen LogP contribution in [0.1, 0.15) is 19.4 Å². The molecule has 0 unspecified atom stereocenters. The van der Waals surface area contributed by atoms with Crippen LogP contribution in [0.25, 0.3) is 6.08 Å². The van der Waals surface area contributed by atoms with Crippen LogP contribution in [0.3, 0.4) is 0 Å². The Morgan fingerprint density at radius 2 is 1.95 bits per heavy atom. The Kier molecular flexibility index (Phi) is 4.78. The minimum absolute atomic E-state index is 0.119. The van der Waals surface area contributed by atoms with Gasteiger partial charge in [-0.1, -0.05) is 6.07 Å². The van der Waals surface area contributed by atoms with Gasteiger partial charge in [-0.05, 0) is 65.3 Å². The van der Waals surface area contributed by atoms with Crippen LogP contribution in [0.5, 0.6) is 0 Å². The number of nitrogens with zero attached hydrogens (tertiary/aromatic N) is 2. The minimum Gasteiger partial charge on any atom is -0.377 e. The van der Waals surface area contributed by atoms with Crippen molar-refractivity contribution in [2.75, 3.05) is 19.0 Å². The van der Waals surface area contributed by atoms with Crippen LogP contribution < -0.4 is 4.90 Å². The Bertz CT molecular complexity index is 626. The molecule has 0 aromatic heterocycles. The Morgan fingerprint density at radius 3 is 2.43 bits per heavy atom. The third-order valence-corrected chi connectivity index (χ3v) is 4.61. The van der Waals surface area contributed by atoms with Gasteiger partial charge in [-0.25, -0.2) is 0 Å². The van der Waals surface area contributed by atoms with Crippen LogP contribution in [-0.4, -0.2) is 36.2 Å². The second kappa shape index (κ2) is 6.23. The molecule has 0 saturated carbocycles. The first kappa shape index (κ1) is 16.1. The molecule has 2 rings (SSSR count). The molecule has 6 heteroatoms. The van der Waals surface area contributed by atoms with Crippen molar-refractivity contribution in [3.63, 3.8) is 0 Å². The van der Waals surface area contributed by atoms with Gasteiger partial charge in [-0.2, -0.15) is 0 Å². The van der Waals surface area contributed by atoms with Crippen LogP contribution in [0.15, 0.2) is 27.6 Å². The maximum atomic E-state index is 12.2. The van der Waals surface area contributed by atoms with E-state index in [4.69, 9.17) is 0 Å². The highest BCUT2D eigenvalue weighted by Crippen LogP contribution is 2.34. The molecular formula is C15H17BrN2O2S.